The van der Waals surface area contributed by atoms with Gasteiger partial charge in [0.15, 0.2) is 0 Å². The van der Waals surface area contributed by atoms with Crippen molar-refractivity contribution in [3.63, 3.8) is 0 Å². The fraction of sp³-hybridized carbons (Fsp3) is 0.800. The number of hydrogen-bond donors (Lipinski definition) is 1. The number of amides is 1. The fourth-order valence-corrected chi connectivity index (χ4v) is 1.74. The zero-order chi connectivity index (χ0) is 12.0. The maximum Gasteiger partial charge on any atom is 0.410 e. The molecule has 0 bridgehead atoms. The van der Waals surface area contributed by atoms with E-state index in [0.717, 1.165) is 0 Å². The molecule has 0 spiro atoms. The predicted octanol–water partition coefficient (Wildman–Crippen LogP) is 0.709. The van der Waals surface area contributed by atoms with Crippen LogP contribution < -0.4 is 0 Å². The Bertz CT molecular complexity index is 256. The number of carboxylic acid groups (broad SMARTS) is 1. The summed E-state index contributed by atoms with van der Waals surface area (Å²) in [4.78, 5) is 23.6. The van der Waals surface area contributed by atoms with Crippen LogP contribution in [0.15, 0.2) is 0 Å². The second-order valence-corrected chi connectivity index (χ2v) is 3.69. The van der Waals surface area contributed by atoms with Crippen LogP contribution in [0.2, 0.25) is 0 Å². The van der Waals surface area contributed by atoms with Gasteiger partial charge in [-0.2, -0.15) is 0 Å². The first-order valence-electron chi connectivity index (χ1n) is 5.29. The molecule has 1 unspecified atom stereocenters. The minimum atomic E-state index is -0.892. The molecule has 16 heavy (non-hydrogen) atoms. The number of nitrogens with zero attached hydrogens (tertiary/aromatic N) is 1. The van der Waals surface area contributed by atoms with E-state index in [1.54, 1.807) is 7.11 Å². The highest BCUT2D eigenvalue weighted by Crippen LogP contribution is 2.16. The average molecular weight is 231 g/mol. The number of carboxylic acids is 1. The van der Waals surface area contributed by atoms with Gasteiger partial charge in [-0.15, -0.1) is 0 Å². The first-order valence-corrected chi connectivity index (χ1v) is 5.29. The lowest BCUT2D eigenvalue weighted by molar-refractivity contribution is -0.138. The second-order valence-electron chi connectivity index (χ2n) is 3.69. The largest absolute Gasteiger partial charge is 0.481 e. The van der Waals surface area contributed by atoms with Crippen LogP contribution in [-0.2, 0) is 14.3 Å². The number of methoxy groups -OCH3 is 1. The number of cyclic esters (lactones) is 1. The molecule has 1 rings (SSSR count). The summed E-state index contributed by atoms with van der Waals surface area (Å²) in [5, 5.41) is 8.74. The van der Waals surface area contributed by atoms with E-state index < -0.39 is 12.1 Å². The zero-order valence-electron chi connectivity index (χ0n) is 9.35. The standard InChI is InChI=1S/C10H17NO5/c1-15-5-2-4-11-8(7-9(12)13)3-6-16-10(11)14/h8H,2-7H2,1H3,(H,12,13). The molecule has 6 heteroatoms. The van der Waals surface area contributed by atoms with Gasteiger partial charge in [0.2, 0.25) is 0 Å². The van der Waals surface area contributed by atoms with Crippen molar-refractivity contribution in [1.82, 2.24) is 4.90 Å². The predicted molar refractivity (Wildman–Crippen MR) is 55.2 cm³/mol. The van der Waals surface area contributed by atoms with Crippen molar-refractivity contribution in [1.29, 1.82) is 0 Å². The number of carbonyl (C=O) groups is 2. The number of aliphatic carboxylic acids is 1. The molecule has 0 aromatic heterocycles. The molecule has 0 aromatic rings. The zero-order valence-corrected chi connectivity index (χ0v) is 9.35. The molecule has 1 aliphatic heterocycles. The third kappa shape index (κ3) is 3.69. The maximum absolute atomic E-state index is 11.5. The Morgan fingerprint density at radius 3 is 3.06 bits per heavy atom. The van der Waals surface area contributed by atoms with Gasteiger partial charge in [-0.05, 0) is 6.42 Å². The molecule has 0 aromatic carbocycles. The van der Waals surface area contributed by atoms with Crippen LogP contribution in [0, 0.1) is 0 Å². The molecule has 0 saturated carbocycles. The van der Waals surface area contributed by atoms with E-state index in [2.05, 4.69) is 0 Å². The molecular formula is C10H17NO5. The first-order chi connectivity index (χ1) is 7.65. The van der Waals surface area contributed by atoms with Gasteiger partial charge in [0, 0.05) is 32.7 Å². The normalized spacial score (nSPS) is 20.7. The monoisotopic (exact) mass is 231 g/mol. The van der Waals surface area contributed by atoms with Crippen LogP contribution in [0.4, 0.5) is 4.79 Å². The molecule has 6 nitrogen and oxygen atoms in total. The Labute approximate surface area is 94.1 Å². The smallest absolute Gasteiger partial charge is 0.410 e. The molecule has 92 valence electrons. The van der Waals surface area contributed by atoms with Crippen molar-refractivity contribution < 1.29 is 24.2 Å². The van der Waals surface area contributed by atoms with Gasteiger partial charge in [-0.25, -0.2) is 4.79 Å². The van der Waals surface area contributed by atoms with Crippen LogP contribution in [0.5, 0.6) is 0 Å². The Morgan fingerprint density at radius 1 is 1.69 bits per heavy atom. The maximum atomic E-state index is 11.5. The van der Waals surface area contributed by atoms with Gasteiger partial charge < -0.3 is 19.5 Å². The molecule has 1 fully saturated rings. The lowest BCUT2D eigenvalue weighted by Gasteiger charge is -2.34. The van der Waals surface area contributed by atoms with E-state index in [1.807, 2.05) is 0 Å². The third-order valence-corrected chi connectivity index (χ3v) is 2.51. The summed E-state index contributed by atoms with van der Waals surface area (Å²) in [5.41, 5.74) is 0. The summed E-state index contributed by atoms with van der Waals surface area (Å²) in [5.74, 6) is -0.892. The Morgan fingerprint density at radius 2 is 2.44 bits per heavy atom. The highest BCUT2D eigenvalue weighted by Gasteiger charge is 2.30. The van der Waals surface area contributed by atoms with E-state index in [4.69, 9.17) is 14.6 Å². The number of carbonyl (C=O) groups excluding carboxylic acids is 1. The molecule has 1 atom stereocenters. The second kappa shape index (κ2) is 6.32. The van der Waals surface area contributed by atoms with Crippen molar-refractivity contribution in [3.8, 4) is 0 Å². The summed E-state index contributed by atoms with van der Waals surface area (Å²) in [6.45, 7) is 1.33. The van der Waals surface area contributed by atoms with Gasteiger partial charge in [-0.3, -0.25) is 4.79 Å². The van der Waals surface area contributed by atoms with Gasteiger partial charge in [0.25, 0.3) is 0 Å². The van der Waals surface area contributed by atoms with E-state index >= 15 is 0 Å². The van der Waals surface area contributed by atoms with Crippen molar-refractivity contribution in [2.24, 2.45) is 0 Å². The third-order valence-electron chi connectivity index (χ3n) is 2.51. The van der Waals surface area contributed by atoms with Crippen molar-refractivity contribution in [2.75, 3.05) is 26.9 Å². The number of ether oxygens (including phenoxy) is 2. The van der Waals surface area contributed by atoms with E-state index in [0.29, 0.717) is 32.6 Å². The quantitative estimate of drug-likeness (QED) is 0.681. The summed E-state index contributed by atoms with van der Waals surface area (Å²) >= 11 is 0. The van der Waals surface area contributed by atoms with Crippen molar-refractivity contribution >= 4 is 12.1 Å². The summed E-state index contributed by atoms with van der Waals surface area (Å²) < 4.78 is 9.78. The van der Waals surface area contributed by atoms with Gasteiger partial charge >= 0.3 is 12.1 Å². The van der Waals surface area contributed by atoms with E-state index in [1.165, 1.54) is 4.90 Å². The SMILES string of the molecule is COCCCN1C(=O)OCCC1CC(=O)O. The molecule has 0 radical (unpaired) electrons. The topological polar surface area (TPSA) is 76.1 Å². The molecule has 1 N–H and O–H groups in total. The highest BCUT2D eigenvalue weighted by molar-refractivity contribution is 5.72. The minimum absolute atomic E-state index is 0.0257. The summed E-state index contributed by atoms with van der Waals surface area (Å²) in [7, 11) is 1.59. The Kier molecular flexibility index (Phi) is 5.04. The fourth-order valence-electron chi connectivity index (χ4n) is 1.74. The van der Waals surface area contributed by atoms with E-state index in [9.17, 15) is 9.59 Å². The van der Waals surface area contributed by atoms with Crippen molar-refractivity contribution in [3.05, 3.63) is 0 Å². The summed E-state index contributed by atoms with van der Waals surface area (Å²) in [6.07, 6.45) is 0.808. The van der Waals surface area contributed by atoms with Gasteiger partial charge in [0.05, 0.1) is 13.0 Å². The van der Waals surface area contributed by atoms with Crippen LogP contribution in [0.1, 0.15) is 19.3 Å². The highest BCUT2D eigenvalue weighted by atomic mass is 16.6. The van der Waals surface area contributed by atoms with Crippen LogP contribution in [-0.4, -0.2) is 55.0 Å². The lowest BCUT2D eigenvalue weighted by atomic mass is 10.1. The molecule has 1 saturated heterocycles. The summed E-state index contributed by atoms with van der Waals surface area (Å²) in [6, 6.07) is -0.254. The molecule has 1 aliphatic rings. The van der Waals surface area contributed by atoms with Crippen LogP contribution >= 0.6 is 0 Å². The Balaban J connectivity index is 2.49. The van der Waals surface area contributed by atoms with Crippen molar-refractivity contribution in [2.45, 2.75) is 25.3 Å². The molecule has 1 amide bonds. The minimum Gasteiger partial charge on any atom is -0.481 e. The van der Waals surface area contributed by atoms with Gasteiger partial charge in [-0.1, -0.05) is 0 Å². The average Bonchev–Trinajstić information content (AvgIpc) is 2.21. The van der Waals surface area contributed by atoms with Crippen LogP contribution in [0.3, 0.4) is 0 Å². The van der Waals surface area contributed by atoms with Crippen LogP contribution in [0.25, 0.3) is 0 Å². The number of hydrogen-bond acceptors (Lipinski definition) is 4. The molecular weight excluding hydrogens is 214 g/mol. The van der Waals surface area contributed by atoms with Gasteiger partial charge in [0.1, 0.15) is 0 Å². The number of rotatable bonds is 6. The van der Waals surface area contributed by atoms with E-state index in [-0.39, 0.29) is 12.5 Å². The molecule has 0 aliphatic carbocycles. The first kappa shape index (κ1) is 12.8. The Hall–Kier alpha value is -1.30. The lowest BCUT2D eigenvalue weighted by Crippen LogP contribution is -2.47. The molecule has 1 heterocycles.